The number of fused-ring (bicyclic) bond motifs is 1. The number of anilines is 1. The van der Waals surface area contributed by atoms with E-state index in [1.165, 1.54) is 0 Å². The molecule has 0 radical (unpaired) electrons. The van der Waals surface area contributed by atoms with Crippen molar-refractivity contribution in [2.75, 3.05) is 11.4 Å². The van der Waals surface area contributed by atoms with E-state index in [1.807, 2.05) is 37.4 Å². The van der Waals surface area contributed by atoms with Crippen molar-refractivity contribution in [1.82, 2.24) is 14.9 Å². The fourth-order valence-corrected chi connectivity index (χ4v) is 3.74. The van der Waals surface area contributed by atoms with Crippen LogP contribution in [-0.4, -0.2) is 45.8 Å². The van der Waals surface area contributed by atoms with Crippen LogP contribution in [0.3, 0.4) is 0 Å². The van der Waals surface area contributed by atoms with Gasteiger partial charge in [-0.1, -0.05) is 6.08 Å². The molecule has 3 heterocycles. The smallest absolute Gasteiger partial charge is 0.237 e. The molecule has 7 nitrogen and oxygen atoms in total. The van der Waals surface area contributed by atoms with Gasteiger partial charge in [-0.3, -0.25) is 14.5 Å². The van der Waals surface area contributed by atoms with Gasteiger partial charge in [0.15, 0.2) is 0 Å². The highest BCUT2D eigenvalue weighted by Crippen LogP contribution is 2.36. The summed E-state index contributed by atoms with van der Waals surface area (Å²) < 4.78 is 0. The van der Waals surface area contributed by atoms with E-state index in [4.69, 9.17) is 5.26 Å². The first kappa shape index (κ1) is 17.3. The Morgan fingerprint density at radius 3 is 3.00 bits per heavy atom. The number of hydrogen-bond acceptors (Lipinski definition) is 4. The molecule has 1 atom stereocenters. The minimum Gasteiger partial charge on any atom is -0.346 e. The van der Waals surface area contributed by atoms with E-state index in [-0.39, 0.29) is 24.4 Å². The number of nitrogens with zero attached hydrogens (tertiary/aromatic N) is 4. The minimum absolute atomic E-state index is 0.0158. The van der Waals surface area contributed by atoms with Gasteiger partial charge in [0.2, 0.25) is 12.3 Å². The minimum atomic E-state index is -0.136. The molecule has 0 aromatic carbocycles. The molecule has 1 aliphatic heterocycles. The topological polar surface area (TPSA) is 93.1 Å². The van der Waals surface area contributed by atoms with E-state index in [1.54, 1.807) is 9.80 Å². The van der Waals surface area contributed by atoms with Crippen molar-refractivity contribution in [3.8, 4) is 6.07 Å². The second-order valence-electron chi connectivity index (χ2n) is 7.18. The van der Waals surface area contributed by atoms with Gasteiger partial charge >= 0.3 is 0 Å². The van der Waals surface area contributed by atoms with Gasteiger partial charge < -0.3 is 9.88 Å². The molecule has 1 fully saturated rings. The molecule has 4 rings (SSSR count). The van der Waals surface area contributed by atoms with Crippen LogP contribution in [0.15, 0.2) is 24.4 Å². The zero-order valence-corrected chi connectivity index (χ0v) is 15.2. The standard InChI is InChI=1S/C20H21N5O2/c1-13-10-14(6-9-24(13)19(27)4-7-21)17-11-18(25(12-26)15-2-3-15)23-20-16(17)5-8-22-20/h5-6,8,11-13,15H,2-4,9-10H2,1H3,(H,22,23). The number of carbonyl (C=O) groups excluding carboxylic acids is 2. The quantitative estimate of drug-likeness (QED) is 0.826. The predicted octanol–water partition coefficient (Wildman–Crippen LogP) is 2.61. The van der Waals surface area contributed by atoms with Crippen LogP contribution in [0.25, 0.3) is 16.6 Å². The van der Waals surface area contributed by atoms with Gasteiger partial charge in [0.25, 0.3) is 0 Å². The molecular weight excluding hydrogens is 342 g/mol. The number of pyridine rings is 1. The number of rotatable bonds is 5. The van der Waals surface area contributed by atoms with Crippen molar-refractivity contribution in [3.05, 3.63) is 30.0 Å². The summed E-state index contributed by atoms with van der Waals surface area (Å²) in [6.07, 6.45) is 7.38. The highest BCUT2D eigenvalue weighted by Gasteiger charge is 2.31. The van der Waals surface area contributed by atoms with E-state index in [0.717, 1.165) is 41.4 Å². The number of amides is 2. The average Bonchev–Trinajstić information content (AvgIpc) is 3.37. The molecule has 27 heavy (non-hydrogen) atoms. The lowest BCUT2D eigenvalue weighted by Gasteiger charge is -2.33. The van der Waals surface area contributed by atoms with E-state index < -0.39 is 0 Å². The molecule has 0 bridgehead atoms. The number of H-pyrrole nitrogens is 1. The van der Waals surface area contributed by atoms with Crippen LogP contribution in [-0.2, 0) is 9.59 Å². The molecule has 0 saturated heterocycles. The maximum Gasteiger partial charge on any atom is 0.237 e. The predicted molar refractivity (Wildman–Crippen MR) is 102 cm³/mol. The summed E-state index contributed by atoms with van der Waals surface area (Å²) in [5.41, 5.74) is 2.94. The Morgan fingerprint density at radius 1 is 1.52 bits per heavy atom. The zero-order valence-electron chi connectivity index (χ0n) is 15.2. The third kappa shape index (κ3) is 3.19. The Kier molecular flexibility index (Phi) is 4.40. The lowest BCUT2D eigenvalue weighted by atomic mass is 9.93. The SMILES string of the molecule is CC1CC(c2cc(N(C=O)C3CC3)nc3[nH]ccc23)=CCN1C(=O)CC#N. The van der Waals surface area contributed by atoms with E-state index in [9.17, 15) is 9.59 Å². The first-order valence-electron chi connectivity index (χ1n) is 9.20. The Bertz CT molecular complexity index is 966. The molecule has 7 heteroatoms. The zero-order chi connectivity index (χ0) is 19.0. The number of hydrogen-bond donors (Lipinski definition) is 1. The van der Waals surface area contributed by atoms with Crippen LogP contribution < -0.4 is 4.90 Å². The second-order valence-corrected chi connectivity index (χ2v) is 7.18. The summed E-state index contributed by atoms with van der Waals surface area (Å²) in [6.45, 7) is 2.49. The molecule has 1 saturated carbocycles. The molecule has 2 aliphatic rings. The number of carbonyl (C=O) groups is 2. The summed E-state index contributed by atoms with van der Waals surface area (Å²) in [5.74, 6) is 0.525. The molecule has 1 N–H and O–H groups in total. The van der Waals surface area contributed by atoms with Gasteiger partial charge in [0, 0.05) is 30.2 Å². The summed E-state index contributed by atoms with van der Waals surface area (Å²) in [5, 5.41) is 9.79. The molecule has 1 aliphatic carbocycles. The van der Waals surface area contributed by atoms with Gasteiger partial charge in [0.05, 0.1) is 6.07 Å². The highest BCUT2D eigenvalue weighted by atomic mass is 16.2. The molecule has 1 unspecified atom stereocenters. The van der Waals surface area contributed by atoms with Crippen molar-refractivity contribution in [2.24, 2.45) is 0 Å². The van der Waals surface area contributed by atoms with Crippen molar-refractivity contribution in [1.29, 1.82) is 5.26 Å². The lowest BCUT2D eigenvalue weighted by molar-refractivity contribution is -0.131. The maximum absolute atomic E-state index is 12.1. The van der Waals surface area contributed by atoms with Crippen molar-refractivity contribution >= 4 is 34.7 Å². The van der Waals surface area contributed by atoms with Gasteiger partial charge in [0.1, 0.15) is 17.9 Å². The summed E-state index contributed by atoms with van der Waals surface area (Å²) >= 11 is 0. The molecule has 2 aromatic rings. The second kappa shape index (κ2) is 6.88. The maximum atomic E-state index is 12.1. The van der Waals surface area contributed by atoms with Crippen molar-refractivity contribution in [2.45, 2.75) is 44.7 Å². The van der Waals surface area contributed by atoms with Crippen LogP contribution >= 0.6 is 0 Å². The first-order valence-corrected chi connectivity index (χ1v) is 9.20. The van der Waals surface area contributed by atoms with Crippen LogP contribution in [0.5, 0.6) is 0 Å². The number of nitriles is 1. The van der Waals surface area contributed by atoms with Crippen LogP contribution in [0.2, 0.25) is 0 Å². The normalized spacial score (nSPS) is 19.5. The monoisotopic (exact) mass is 363 g/mol. The Morgan fingerprint density at radius 2 is 2.33 bits per heavy atom. The summed E-state index contributed by atoms with van der Waals surface area (Å²) in [7, 11) is 0. The van der Waals surface area contributed by atoms with Gasteiger partial charge in [-0.25, -0.2) is 4.98 Å². The molecule has 138 valence electrons. The van der Waals surface area contributed by atoms with Crippen molar-refractivity contribution in [3.63, 3.8) is 0 Å². The van der Waals surface area contributed by atoms with E-state index >= 15 is 0 Å². The largest absolute Gasteiger partial charge is 0.346 e. The Hall–Kier alpha value is -3.14. The Labute approximate surface area is 157 Å². The van der Waals surface area contributed by atoms with Crippen LogP contribution in [0.4, 0.5) is 5.82 Å². The molecule has 2 amide bonds. The fourth-order valence-electron chi connectivity index (χ4n) is 3.74. The molecular formula is C20H21N5O2. The van der Waals surface area contributed by atoms with Gasteiger partial charge in [-0.15, -0.1) is 0 Å². The van der Waals surface area contributed by atoms with Gasteiger partial charge in [-0.05, 0) is 49.5 Å². The average molecular weight is 363 g/mol. The highest BCUT2D eigenvalue weighted by molar-refractivity contribution is 5.94. The molecule has 2 aromatic heterocycles. The van der Waals surface area contributed by atoms with E-state index in [0.29, 0.717) is 18.8 Å². The third-order valence-corrected chi connectivity index (χ3v) is 5.31. The lowest BCUT2D eigenvalue weighted by Crippen LogP contribution is -2.40. The summed E-state index contributed by atoms with van der Waals surface area (Å²) in [4.78, 5) is 34.9. The first-order chi connectivity index (χ1) is 13.1. The van der Waals surface area contributed by atoms with E-state index in [2.05, 4.69) is 9.97 Å². The van der Waals surface area contributed by atoms with Crippen LogP contribution in [0, 0.1) is 11.3 Å². The van der Waals surface area contributed by atoms with Gasteiger partial charge in [-0.2, -0.15) is 5.26 Å². The number of nitrogens with one attached hydrogen (secondary N) is 1. The van der Waals surface area contributed by atoms with Crippen LogP contribution in [0.1, 0.15) is 38.2 Å². The number of aromatic nitrogens is 2. The number of aromatic amines is 1. The van der Waals surface area contributed by atoms with Crippen molar-refractivity contribution < 1.29 is 9.59 Å². The molecule has 0 spiro atoms. The fraction of sp³-hybridized carbons (Fsp3) is 0.400. The Balaban J connectivity index is 1.71. The summed E-state index contributed by atoms with van der Waals surface area (Å²) in [6, 6.07) is 6.16. The third-order valence-electron chi connectivity index (χ3n) is 5.31.